The highest BCUT2D eigenvalue weighted by Crippen LogP contribution is 2.39. The van der Waals surface area contributed by atoms with Crippen LogP contribution in [0.2, 0.25) is 0 Å². The molecule has 1 aliphatic heterocycles. The van der Waals surface area contributed by atoms with Crippen molar-refractivity contribution in [2.75, 3.05) is 38.7 Å². The number of carbonyl (C=O) groups is 1. The summed E-state index contributed by atoms with van der Waals surface area (Å²) in [6, 6.07) is 7.87. The number of aliphatic hydroxyl groups excluding tert-OH is 1. The lowest BCUT2D eigenvalue weighted by atomic mass is 10.2. The molecule has 1 unspecified atom stereocenters. The second-order valence-electron chi connectivity index (χ2n) is 4.59. The van der Waals surface area contributed by atoms with Crippen LogP contribution in [0.5, 0.6) is 5.75 Å². The van der Waals surface area contributed by atoms with Crippen LogP contribution < -0.4 is 4.74 Å². The lowest BCUT2D eigenvalue weighted by Gasteiger charge is -2.24. The molecular formula is C15H21NO4S. The van der Waals surface area contributed by atoms with Crippen molar-refractivity contribution in [3.05, 3.63) is 29.8 Å². The second-order valence-corrected chi connectivity index (χ2v) is 5.66. The predicted molar refractivity (Wildman–Crippen MR) is 82.4 cm³/mol. The molecular weight excluding hydrogens is 290 g/mol. The van der Waals surface area contributed by atoms with Gasteiger partial charge < -0.3 is 19.5 Å². The molecule has 0 radical (unpaired) electrons. The molecule has 1 saturated heterocycles. The monoisotopic (exact) mass is 311 g/mol. The van der Waals surface area contributed by atoms with Crippen LogP contribution in [-0.2, 0) is 9.53 Å². The fraction of sp³-hybridized carbons (Fsp3) is 0.533. The molecule has 2 rings (SSSR count). The van der Waals surface area contributed by atoms with Crippen LogP contribution in [0.3, 0.4) is 0 Å². The van der Waals surface area contributed by atoms with Crippen LogP contribution in [0.4, 0.5) is 0 Å². The summed E-state index contributed by atoms with van der Waals surface area (Å²) in [7, 11) is 0. The summed E-state index contributed by atoms with van der Waals surface area (Å²) < 4.78 is 10.8. The van der Waals surface area contributed by atoms with Crippen LogP contribution in [0.25, 0.3) is 0 Å². The Morgan fingerprint density at radius 2 is 2.29 bits per heavy atom. The summed E-state index contributed by atoms with van der Waals surface area (Å²) in [4.78, 5) is 13.8. The molecule has 0 bridgehead atoms. The fourth-order valence-corrected chi connectivity index (χ4v) is 3.43. The summed E-state index contributed by atoms with van der Waals surface area (Å²) in [5.74, 6) is 1.44. The van der Waals surface area contributed by atoms with Crippen LogP contribution in [0.15, 0.2) is 24.3 Å². The Balaban J connectivity index is 2.02. The molecule has 1 atom stereocenters. The Hall–Kier alpha value is -1.24. The highest BCUT2D eigenvalue weighted by atomic mass is 32.2. The number of amides is 1. The molecule has 116 valence electrons. The van der Waals surface area contributed by atoms with Crippen molar-refractivity contribution in [2.45, 2.75) is 12.3 Å². The quantitative estimate of drug-likeness (QED) is 0.740. The van der Waals surface area contributed by atoms with Crippen LogP contribution in [0, 0.1) is 0 Å². The highest BCUT2D eigenvalue weighted by molar-refractivity contribution is 8.00. The van der Waals surface area contributed by atoms with E-state index in [0.29, 0.717) is 32.1 Å². The van der Waals surface area contributed by atoms with Crippen molar-refractivity contribution in [3.8, 4) is 5.75 Å². The van der Waals surface area contributed by atoms with Crippen LogP contribution >= 0.6 is 11.8 Å². The zero-order chi connectivity index (χ0) is 15.1. The molecule has 1 N–H and O–H groups in total. The Morgan fingerprint density at radius 1 is 1.43 bits per heavy atom. The number of rotatable bonds is 8. The van der Waals surface area contributed by atoms with Gasteiger partial charge in [0.1, 0.15) is 11.1 Å². The average molecular weight is 311 g/mol. The van der Waals surface area contributed by atoms with E-state index in [9.17, 15) is 4.79 Å². The first-order valence-corrected chi connectivity index (χ1v) is 8.13. The molecule has 1 aliphatic rings. The van der Waals surface area contributed by atoms with E-state index in [0.717, 1.165) is 11.3 Å². The van der Waals surface area contributed by atoms with E-state index >= 15 is 0 Å². The number of carbonyl (C=O) groups excluding carboxylic acids is 1. The van der Waals surface area contributed by atoms with Gasteiger partial charge in [0.05, 0.1) is 32.2 Å². The SMILES string of the molecule is CCOc1cccc(C2SCC(=O)N2CCOCCO)c1. The third-order valence-corrected chi connectivity index (χ3v) is 4.39. The lowest BCUT2D eigenvalue weighted by molar-refractivity contribution is -0.128. The maximum absolute atomic E-state index is 12.0. The molecule has 0 spiro atoms. The van der Waals surface area contributed by atoms with Crippen molar-refractivity contribution in [1.29, 1.82) is 0 Å². The normalized spacial score (nSPS) is 18.3. The maximum atomic E-state index is 12.0. The van der Waals surface area contributed by atoms with Crippen molar-refractivity contribution < 1.29 is 19.4 Å². The zero-order valence-electron chi connectivity index (χ0n) is 12.2. The van der Waals surface area contributed by atoms with E-state index in [1.807, 2.05) is 36.1 Å². The minimum Gasteiger partial charge on any atom is -0.494 e. The zero-order valence-corrected chi connectivity index (χ0v) is 13.0. The van der Waals surface area contributed by atoms with E-state index in [4.69, 9.17) is 14.6 Å². The predicted octanol–water partition coefficient (Wildman–Crippen LogP) is 1.67. The summed E-state index contributed by atoms with van der Waals surface area (Å²) in [6.07, 6.45) is 0. The van der Waals surface area contributed by atoms with E-state index in [1.165, 1.54) is 0 Å². The topological polar surface area (TPSA) is 59.0 Å². The molecule has 21 heavy (non-hydrogen) atoms. The first kappa shape index (κ1) is 16.1. The highest BCUT2D eigenvalue weighted by Gasteiger charge is 2.32. The minimum absolute atomic E-state index is 0.00251. The van der Waals surface area contributed by atoms with Gasteiger partial charge in [0.25, 0.3) is 0 Å². The minimum atomic E-state index is 0.00251. The Labute approximate surface area is 129 Å². The van der Waals surface area contributed by atoms with E-state index in [1.54, 1.807) is 11.8 Å². The number of ether oxygens (including phenoxy) is 2. The van der Waals surface area contributed by atoms with Gasteiger partial charge in [0.15, 0.2) is 0 Å². The molecule has 1 heterocycles. The van der Waals surface area contributed by atoms with Gasteiger partial charge in [-0.15, -0.1) is 11.8 Å². The molecule has 5 nitrogen and oxygen atoms in total. The Kier molecular flexibility index (Phi) is 6.35. The third-order valence-electron chi connectivity index (χ3n) is 3.13. The number of thioether (sulfide) groups is 1. The van der Waals surface area contributed by atoms with Gasteiger partial charge in [-0.2, -0.15) is 0 Å². The van der Waals surface area contributed by atoms with Crippen molar-refractivity contribution in [2.24, 2.45) is 0 Å². The first-order valence-electron chi connectivity index (χ1n) is 7.08. The lowest BCUT2D eigenvalue weighted by Crippen LogP contribution is -2.31. The number of hydrogen-bond donors (Lipinski definition) is 1. The summed E-state index contributed by atoms with van der Waals surface area (Å²) in [5, 5.41) is 8.71. The smallest absolute Gasteiger partial charge is 0.233 e. The maximum Gasteiger partial charge on any atom is 0.233 e. The Bertz CT molecular complexity index is 469. The van der Waals surface area contributed by atoms with Gasteiger partial charge in [0.2, 0.25) is 5.91 Å². The molecule has 6 heteroatoms. The average Bonchev–Trinajstić information content (AvgIpc) is 2.86. The standard InChI is InChI=1S/C15H21NO4S/c1-2-20-13-5-3-4-12(10-13)15-16(14(18)11-21-15)6-8-19-9-7-17/h3-5,10,15,17H,2,6-9,11H2,1H3. The summed E-state index contributed by atoms with van der Waals surface area (Å²) in [6.45, 7) is 3.86. The molecule has 1 amide bonds. The van der Waals surface area contributed by atoms with Crippen molar-refractivity contribution >= 4 is 17.7 Å². The van der Waals surface area contributed by atoms with Crippen molar-refractivity contribution in [3.63, 3.8) is 0 Å². The number of nitrogens with zero attached hydrogens (tertiary/aromatic N) is 1. The molecule has 1 aromatic rings. The molecule has 1 aromatic carbocycles. The van der Waals surface area contributed by atoms with Gasteiger partial charge in [-0.1, -0.05) is 12.1 Å². The van der Waals surface area contributed by atoms with Gasteiger partial charge in [0, 0.05) is 6.54 Å². The first-order chi connectivity index (χ1) is 10.3. The fourth-order valence-electron chi connectivity index (χ4n) is 2.23. The van der Waals surface area contributed by atoms with Crippen molar-refractivity contribution in [1.82, 2.24) is 4.90 Å². The van der Waals surface area contributed by atoms with Crippen LogP contribution in [0.1, 0.15) is 17.9 Å². The van der Waals surface area contributed by atoms with E-state index in [2.05, 4.69) is 0 Å². The van der Waals surface area contributed by atoms with Gasteiger partial charge in [-0.3, -0.25) is 4.79 Å². The summed E-state index contributed by atoms with van der Waals surface area (Å²) in [5.41, 5.74) is 1.07. The molecule has 0 aliphatic carbocycles. The third kappa shape index (κ3) is 4.36. The van der Waals surface area contributed by atoms with Gasteiger partial charge in [-0.05, 0) is 24.6 Å². The van der Waals surface area contributed by atoms with E-state index < -0.39 is 0 Å². The summed E-state index contributed by atoms with van der Waals surface area (Å²) >= 11 is 1.62. The largest absolute Gasteiger partial charge is 0.494 e. The van der Waals surface area contributed by atoms with Gasteiger partial charge in [-0.25, -0.2) is 0 Å². The molecule has 0 aromatic heterocycles. The number of hydrogen-bond acceptors (Lipinski definition) is 5. The number of benzene rings is 1. The Morgan fingerprint density at radius 3 is 3.05 bits per heavy atom. The number of aliphatic hydroxyl groups is 1. The van der Waals surface area contributed by atoms with Gasteiger partial charge >= 0.3 is 0 Å². The van der Waals surface area contributed by atoms with E-state index in [-0.39, 0.29) is 17.9 Å². The molecule has 0 saturated carbocycles. The second kappa shape index (κ2) is 8.26. The van der Waals surface area contributed by atoms with Crippen LogP contribution in [-0.4, -0.2) is 54.6 Å². The molecule has 1 fully saturated rings.